The van der Waals surface area contributed by atoms with Crippen molar-refractivity contribution in [3.8, 4) is 0 Å². The summed E-state index contributed by atoms with van der Waals surface area (Å²) in [5.74, 6) is -0.128. The molecule has 2 rings (SSSR count). The van der Waals surface area contributed by atoms with Gasteiger partial charge in [-0.3, -0.25) is 4.79 Å². The third kappa shape index (κ3) is 2.08. The highest BCUT2D eigenvalue weighted by Gasteiger charge is 2.33. The molecule has 0 aliphatic carbocycles. The van der Waals surface area contributed by atoms with E-state index in [9.17, 15) is 13.2 Å². The zero-order chi connectivity index (χ0) is 11.8. The lowest BCUT2D eigenvalue weighted by Gasteiger charge is -2.21. The summed E-state index contributed by atoms with van der Waals surface area (Å²) in [5, 5.41) is 0. The molecule has 0 N–H and O–H groups in total. The van der Waals surface area contributed by atoms with Crippen molar-refractivity contribution >= 4 is 15.7 Å². The first-order chi connectivity index (χ1) is 7.49. The van der Waals surface area contributed by atoms with E-state index in [4.69, 9.17) is 4.42 Å². The largest absolute Gasteiger partial charge is 0.451 e. The number of nitrogens with zero attached hydrogens (tertiary/aromatic N) is 2. The van der Waals surface area contributed by atoms with E-state index in [0.29, 0.717) is 6.42 Å². The molecule has 1 aliphatic rings. The first kappa shape index (κ1) is 11.1. The van der Waals surface area contributed by atoms with Crippen LogP contribution in [-0.2, 0) is 9.84 Å². The first-order valence-electron chi connectivity index (χ1n) is 4.85. The molecule has 6 nitrogen and oxygen atoms in total. The summed E-state index contributed by atoms with van der Waals surface area (Å²) in [6, 6.07) is -0.255. The van der Waals surface area contributed by atoms with Gasteiger partial charge in [0.25, 0.3) is 5.91 Å². The molecule has 16 heavy (non-hydrogen) atoms. The second kappa shape index (κ2) is 3.89. The minimum Gasteiger partial charge on any atom is -0.451 e. The van der Waals surface area contributed by atoms with Crippen molar-refractivity contribution in [2.75, 3.05) is 18.6 Å². The number of carbonyl (C=O) groups is 1. The van der Waals surface area contributed by atoms with E-state index in [0.717, 1.165) is 0 Å². The van der Waals surface area contributed by atoms with Crippen LogP contribution in [0.1, 0.15) is 16.9 Å². The highest BCUT2D eigenvalue weighted by molar-refractivity contribution is 7.91. The number of sulfone groups is 1. The maximum absolute atomic E-state index is 11.8. The topological polar surface area (TPSA) is 80.5 Å². The predicted octanol–water partition coefficient (Wildman–Crippen LogP) is -0.0663. The van der Waals surface area contributed by atoms with Gasteiger partial charge in [-0.05, 0) is 6.42 Å². The first-order valence-corrected chi connectivity index (χ1v) is 6.67. The number of rotatable bonds is 2. The van der Waals surface area contributed by atoms with E-state index < -0.39 is 9.84 Å². The second-order valence-electron chi connectivity index (χ2n) is 3.85. The second-order valence-corrected chi connectivity index (χ2v) is 6.08. The molecule has 0 aromatic carbocycles. The van der Waals surface area contributed by atoms with Crippen molar-refractivity contribution in [1.29, 1.82) is 0 Å². The lowest BCUT2D eigenvalue weighted by atomic mass is 10.2. The Kier molecular flexibility index (Phi) is 2.71. The lowest BCUT2D eigenvalue weighted by Crippen LogP contribution is -2.37. The zero-order valence-electron chi connectivity index (χ0n) is 8.79. The molecule has 1 saturated heterocycles. The molecular weight excluding hydrogens is 232 g/mol. The van der Waals surface area contributed by atoms with Crippen molar-refractivity contribution in [3.63, 3.8) is 0 Å². The summed E-state index contributed by atoms with van der Waals surface area (Å²) in [7, 11) is -1.39. The van der Waals surface area contributed by atoms with Gasteiger partial charge in [0.15, 0.2) is 21.9 Å². The van der Waals surface area contributed by atoms with Gasteiger partial charge in [-0.1, -0.05) is 0 Å². The SMILES string of the molecule is CN(C(=O)c1cocn1)C1CCS(=O)(=O)C1. The van der Waals surface area contributed by atoms with Gasteiger partial charge in [0.1, 0.15) is 6.26 Å². The molecule has 7 heteroatoms. The van der Waals surface area contributed by atoms with E-state index >= 15 is 0 Å². The van der Waals surface area contributed by atoms with Gasteiger partial charge in [-0.25, -0.2) is 13.4 Å². The van der Waals surface area contributed by atoms with Crippen LogP contribution in [-0.4, -0.2) is 48.8 Å². The van der Waals surface area contributed by atoms with Gasteiger partial charge in [-0.15, -0.1) is 0 Å². The van der Waals surface area contributed by atoms with Crippen molar-refractivity contribution in [2.24, 2.45) is 0 Å². The molecule has 1 aliphatic heterocycles. The lowest BCUT2D eigenvalue weighted by molar-refractivity contribution is 0.0742. The van der Waals surface area contributed by atoms with Gasteiger partial charge >= 0.3 is 0 Å². The number of amides is 1. The fourth-order valence-electron chi connectivity index (χ4n) is 1.75. The monoisotopic (exact) mass is 244 g/mol. The molecule has 1 unspecified atom stereocenters. The average molecular weight is 244 g/mol. The molecule has 1 atom stereocenters. The maximum atomic E-state index is 11.8. The molecule has 0 saturated carbocycles. The summed E-state index contributed by atoms with van der Waals surface area (Å²) in [5.41, 5.74) is 0.201. The van der Waals surface area contributed by atoms with E-state index in [1.807, 2.05) is 0 Å². The highest BCUT2D eigenvalue weighted by atomic mass is 32.2. The molecule has 0 bridgehead atoms. The Hall–Kier alpha value is -1.37. The molecule has 1 aromatic rings. The fraction of sp³-hybridized carbons (Fsp3) is 0.556. The Balaban J connectivity index is 2.09. The van der Waals surface area contributed by atoms with Gasteiger partial charge < -0.3 is 9.32 Å². The third-order valence-corrected chi connectivity index (χ3v) is 4.48. The van der Waals surface area contributed by atoms with Gasteiger partial charge in [0.2, 0.25) is 0 Å². The Morgan fingerprint density at radius 2 is 2.38 bits per heavy atom. The number of oxazole rings is 1. The molecule has 0 radical (unpaired) electrons. The average Bonchev–Trinajstić information content (AvgIpc) is 2.84. The molecule has 1 fully saturated rings. The summed E-state index contributed by atoms with van der Waals surface area (Å²) in [6.45, 7) is 0. The Morgan fingerprint density at radius 1 is 1.62 bits per heavy atom. The van der Waals surface area contributed by atoms with E-state index in [2.05, 4.69) is 4.98 Å². The van der Waals surface area contributed by atoms with E-state index in [1.165, 1.54) is 17.6 Å². The fourth-order valence-corrected chi connectivity index (χ4v) is 3.52. The Labute approximate surface area is 93.2 Å². The number of hydrogen-bond acceptors (Lipinski definition) is 5. The standard InChI is InChI=1S/C9H12N2O4S/c1-11(7-2-3-16(13,14)5-7)9(12)8-4-15-6-10-8/h4,6-7H,2-3,5H2,1H3. The van der Waals surface area contributed by atoms with Crippen LogP contribution in [0.5, 0.6) is 0 Å². The van der Waals surface area contributed by atoms with Crippen LogP contribution in [0.2, 0.25) is 0 Å². The van der Waals surface area contributed by atoms with Crippen LogP contribution < -0.4 is 0 Å². The van der Waals surface area contributed by atoms with Crippen LogP contribution >= 0.6 is 0 Å². The molecule has 1 amide bonds. The van der Waals surface area contributed by atoms with Crippen molar-refractivity contribution in [2.45, 2.75) is 12.5 Å². The Morgan fingerprint density at radius 3 is 2.88 bits per heavy atom. The van der Waals surface area contributed by atoms with E-state index in [-0.39, 0.29) is 29.1 Å². The smallest absolute Gasteiger partial charge is 0.275 e. The Bertz CT molecular complexity index is 480. The van der Waals surface area contributed by atoms with Crippen molar-refractivity contribution < 1.29 is 17.6 Å². The van der Waals surface area contributed by atoms with Gasteiger partial charge in [0.05, 0.1) is 11.5 Å². The van der Waals surface area contributed by atoms with Crippen molar-refractivity contribution in [3.05, 3.63) is 18.4 Å². The highest BCUT2D eigenvalue weighted by Crippen LogP contribution is 2.17. The summed E-state index contributed by atoms with van der Waals surface area (Å²) in [6.07, 6.45) is 2.91. The normalized spacial score (nSPS) is 23.2. The van der Waals surface area contributed by atoms with Crippen LogP contribution in [0.4, 0.5) is 0 Å². The van der Waals surface area contributed by atoms with Crippen molar-refractivity contribution in [1.82, 2.24) is 9.88 Å². The van der Waals surface area contributed by atoms with Gasteiger partial charge in [-0.2, -0.15) is 0 Å². The summed E-state index contributed by atoms with van der Waals surface area (Å²) in [4.78, 5) is 17.0. The van der Waals surface area contributed by atoms with Crippen LogP contribution in [0.3, 0.4) is 0 Å². The summed E-state index contributed by atoms with van der Waals surface area (Å²) >= 11 is 0. The molecule has 2 heterocycles. The predicted molar refractivity (Wildman–Crippen MR) is 55.7 cm³/mol. The minimum absolute atomic E-state index is 0.0348. The number of aromatic nitrogens is 1. The quantitative estimate of drug-likeness (QED) is 0.727. The van der Waals surface area contributed by atoms with Crippen LogP contribution in [0.25, 0.3) is 0 Å². The molecule has 0 spiro atoms. The van der Waals surface area contributed by atoms with Crippen LogP contribution in [0, 0.1) is 0 Å². The summed E-state index contributed by atoms with van der Waals surface area (Å²) < 4.78 is 27.3. The molecule has 1 aromatic heterocycles. The number of hydrogen-bond donors (Lipinski definition) is 0. The molecular formula is C9H12N2O4S. The minimum atomic E-state index is -2.98. The maximum Gasteiger partial charge on any atom is 0.275 e. The van der Waals surface area contributed by atoms with E-state index in [1.54, 1.807) is 7.05 Å². The number of carbonyl (C=O) groups excluding carboxylic acids is 1. The molecule has 88 valence electrons. The van der Waals surface area contributed by atoms with Gasteiger partial charge in [0, 0.05) is 13.1 Å². The zero-order valence-corrected chi connectivity index (χ0v) is 9.61. The van der Waals surface area contributed by atoms with Crippen LogP contribution in [0.15, 0.2) is 17.1 Å². The third-order valence-electron chi connectivity index (χ3n) is 2.73.